The zero-order valence-corrected chi connectivity index (χ0v) is 14.5. The van der Waals surface area contributed by atoms with E-state index < -0.39 is 11.5 Å². The minimum Gasteiger partial charge on any atom is -0.493 e. The number of carbonyl (C=O) groups is 2. The second-order valence-corrected chi connectivity index (χ2v) is 6.58. The van der Waals surface area contributed by atoms with Crippen molar-refractivity contribution in [3.63, 3.8) is 0 Å². The van der Waals surface area contributed by atoms with Gasteiger partial charge < -0.3 is 14.2 Å². The van der Waals surface area contributed by atoms with Crippen LogP contribution in [-0.2, 0) is 19.7 Å². The molecule has 3 rings (SSSR count). The van der Waals surface area contributed by atoms with Gasteiger partial charge in [-0.1, -0.05) is 22.0 Å². The van der Waals surface area contributed by atoms with Crippen LogP contribution in [0.5, 0.6) is 11.5 Å². The zero-order valence-electron chi connectivity index (χ0n) is 12.9. The minimum atomic E-state index is -0.616. The van der Waals surface area contributed by atoms with Crippen molar-refractivity contribution in [2.45, 2.75) is 31.3 Å². The Bertz CT molecular complexity index is 696. The molecule has 1 aromatic carbocycles. The predicted molar refractivity (Wildman–Crippen MR) is 86.8 cm³/mol. The van der Waals surface area contributed by atoms with Crippen LogP contribution in [0, 0.1) is 0 Å². The molecule has 1 aromatic rings. The monoisotopic (exact) mass is 380 g/mol. The lowest BCUT2D eigenvalue weighted by Gasteiger charge is -2.42. The summed E-state index contributed by atoms with van der Waals surface area (Å²) < 4.78 is 17.2. The van der Waals surface area contributed by atoms with Crippen LogP contribution in [0.1, 0.15) is 25.3 Å². The molecular weight excluding hydrogens is 364 g/mol. The van der Waals surface area contributed by atoms with Crippen LogP contribution in [0.15, 0.2) is 28.8 Å². The quantitative estimate of drug-likeness (QED) is 0.751. The van der Waals surface area contributed by atoms with Crippen LogP contribution in [0.25, 0.3) is 0 Å². The average molecular weight is 381 g/mol. The number of methoxy groups -OCH3 is 1. The van der Waals surface area contributed by atoms with E-state index in [1.807, 2.05) is 6.07 Å². The lowest BCUT2D eigenvalue weighted by Crippen LogP contribution is -2.45. The highest BCUT2D eigenvalue weighted by Gasteiger charge is 2.47. The highest BCUT2D eigenvalue weighted by molar-refractivity contribution is 9.10. The first-order valence-corrected chi connectivity index (χ1v) is 8.22. The first kappa shape index (κ1) is 16.1. The van der Waals surface area contributed by atoms with E-state index in [0.717, 1.165) is 10.0 Å². The molecule has 0 saturated carbocycles. The van der Waals surface area contributed by atoms with Gasteiger partial charge in [-0.2, -0.15) is 0 Å². The van der Waals surface area contributed by atoms with Crippen molar-refractivity contribution in [2.24, 2.45) is 0 Å². The Balaban J connectivity index is 2.14. The van der Waals surface area contributed by atoms with E-state index >= 15 is 0 Å². The fourth-order valence-corrected chi connectivity index (χ4v) is 3.63. The summed E-state index contributed by atoms with van der Waals surface area (Å²) in [6.07, 6.45) is 3.29. The second kappa shape index (κ2) is 6.00. The van der Waals surface area contributed by atoms with Crippen molar-refractivity contribution < 1.29 is 23.8 Å². The van der Waals surface area contributed by atoms with Crippen molar-refractivity contribution in [1.29, 1.82) is 0 Å². The first-order chi connectivity index (χ1) is 11.0. The van der Waals surface area contributed by atoms with Gasteiger partial charge in [-0.3, -0.25) is 9.59 Å². The number of ketones is 1. The van der Waals surface area contributed by atoms with Crippen molar-refractivity contribution in [3.8, 4) is 11.5 Å². The van der Waals surface area contributed by atoms with Crippen LogP contribution in [0.4, 0.5) is 0 Å². The number of esters is 1. The first-order valence-electron chi connectivity index (χ1n) is 7.42. The molecule has 1 aliphatic carbocycles. The van der Waals surface area contributed by atoms with Crippen molar-refractivity contribution in [2.75, 3.05) is 13.7 Å². The molecule has 1 heterocycles. The van der Waals surface area contributed by atoms with Gasteiger partial charge in [-0.15, -0.1) is 0 Å². The minimum absolute atomic E-state index is 0.0971. The number of fused-ring (bicyclic) bond motifs is 4. The van der Waals surface area contributed by atoms with Crippen LogP contribution in [-0.4, -0.2) is 31.6 Å². The molecule has 5 nitrogen and oxygen atoms in total. The molecule has 0 unspecified atom stereocenters. The third-order valence-electron chi connectivity index (χ3n) is 4.23. The number of benzene rings is 1. The number of allylic oxidation sites excluding steroid dienone is 1. The summed E-state index contributed by atoms with van der Waals surface area (Å²) in [5.41, 5.74) is 0.215. The van der Waals surface area contributed by atoms with Gasteiger partial charge in [-0.05, 0) is 25.1 Å². The molecule has 0 aromatic heterocycles. The molecule has 122 valence electrons. The third kappa shape index (κ3) is 2.76. The molecule has 0 radical (unpaired) electrons. The van der Waals surface area contributed by atoms with E-state index in [9.17, 15) is 9.59 Å². The molecule has 2 bridgehead atoms. The third-order valence-corrected chi connectivity index (χ3v) is 4.69. The van der Waals surface area contributed by atoms with Crippen molar-refractivity contribution >= 4 is 27.7 Å². The summed E-state index contributed by atoms with van der Waals surface area (Å²) >= 11 is 3.46. The van der Waals surface area contributed by atoms with Crippen LogP contribution in [0.2, 0.25) is 0 Å². The molecule has 23 heavy (non-hydrogen) atoms. The molecule has 0 spiro atoms. The van der Waals surface area contributed by atoms with E-state index in [-0.39, 0.29) is 18.2 Å². The maximum Gasteiger partial charge on any atom is 0.307 e. The molecule has 0 fully saturated rings. The zero-order chi connectivity index (χ0) is 16.6. The number of carbonyl (C=O) groups excluding carboxylic acids is 2. The lowest BCUT2D eigenvalue weighted by molar-refractivity contribution is -0.145. The topological polar surface area (TPSA) is 61.8 Å². The van der Waals surface area contributed by atoms with Crippen molar-refractivity contribution in [3.05, 3.63) is 34.3 Å². The van der Waals surface area contributed by atoms with E-state index in [1.54, 1.807) is 26.2 Å². The number of rotatable bonds is 4. The van der Waals surface area contributed by atoms with Gasteiger partial charge in [0.2, 0.25) is 0 Å². The van der Waals surface area contributed by atoms with Crippen LogP contribution < -0.4 is 9.47 Å². The Hall–Kier alpha value is -1.82. The predicted octanol–water partition coefficient (Wildman–Crippen LogP) is 2.94. The Labute approximate surface area is 142 Å². The molecule has 2 aliphatic rings. The summed E-state index contributed by atoms with van der Waals surface area (Å²) in [6, 6.07) is 3.69. The maximum atomic E-state index is 12.1. The fraction of sp³-hybridized carbons (Fsp3) is 0.412. The van der Waals surface area contributed by atoms with Crippen LogP contribution >= 0.6 is 15.9 Å². The van der Waals surface area contributed by atoms with E-state index in [2.05, 4.69) is 15.9 Å². The van der Waals surface area contributed by atoms with Gasteiger partial charge in [0.1, 0.15) is 0 Å². The molecular formula is C17H17BrO5. The fourth-order valence-electron chi connectivity index (χ4n) is 3.20. The van der Waals surface area contributed by atoms with E-state index in [0.29, 0.717) is 24.5 Å². The summed E-state index contributed by atoms with van der Waals surface area (Å²) in [6.45, 7) is 2.10. The maximum absolute atomic E-state index is 12.1. The summed E-state index contributed by atoms with van der Waals surface area (Å²) in [5, 5.41) is 0. The number of halogens is 1. The average Bonchev–Trinajstić information content (AvgIpc) is 2.51. The highest BCUT2D eigenvalue weighted by atomic mass is 79.9. The summed E-state index contributed by atoms with van der Waals surface area (Å²) in [5.74, 6) is 0.668. The molecule has 6 heteroatoms. The molecule has 0 amide bonds. The van der Waals surface area contributed by atoms with Gasteiger partial charge in [0.05, 0.1) is 20.1 Å². The van der Waals surface area contributed by atoms with Crippen molar-refractivity contribution in [1.82, 2.24) is 0 Å². The number of hydrogen-bond donors (Lipinski definition) is 0. The Morgan fingerprint density at radius 1 is 1.48 bits per heavy atom. The Kier molecular flexibility index (Phi) is 4.19. The Morgan fingerprint density at radius 2 is 2.26 bits per heavy atom. The van der Waals surface area contributed by atoms with Gasteiger partial charge >= 0.3 is 5.97 Å². The van der Waals surface area contributed by atoms with Gasteiger partial charge in [0.25, 0.3) is 0 Å². The molecule has 2 atom stereocenters. The molecule has 1 aliphatic heterocycles. The van der Waals surface area contributed by atoms with E-state index in [1.165, 1.54) is 6.08 Å². The second-order valence-electron chi connectivity index (χ2n) is 5.67. The van der Waals surface area contributed by atoms with Crippen LogP contribution in [0.3, 0.4) is 0 Å². The number of hydrogen-bond acceptors (Lipinski definition) is 5. The lowest BCUT2D eigenvalue weighted by atomic mass is 9.68. The molecule has 0 saturated heterocycles. The van der Waals surface area contributed by atoms with Gasteiger partial charge in [0, 0.05) is 21.9 Å². The summed E-state index contributed by atoms with van der Waals surface area (Å²) in [4.78, 5) is 24.2. The van der Waals surface area contributed by atoms with Gasteiger partial charge in [-0.25, -0.2) is 0 Å². The molecule has 0 N–H and O–H groups in total. The number of ether oxygens (including phenoxy) is 3. The Morgan fingerprint density at radius 3 is 2.96 bits per heavy atom. The van der Waals surface area contributed by atoms with E-state index in [4.69, 9.17) is 14.2 Å². The highest BCUT2D eigenvalue weighted by Crippen LogP contribution is 2.51. The normalized spacial score (nSPS) is 24.7. The SMILES string of the molecule is CCOC(=O)C[C@]12C=CC(=O)[C@H](C1)Oc1c(OC)cc(Br)cc12. The smallest absolute Gasteiger partial charge is 0.307 e. The largest absolute Gasteiger partial charge is 0.493 e. The standard InChI is InChI=1S/C17H17BrO5/c1-3-22-15(20)9-17-5-4-12(19)14(8-17)23-16-11(17)6-10(18)7-13(16)21-2/h4-7,14H,3,8-9H2,1-2H3/t14-,17-/m0/s1. The summed E-state index contributed by atoms with van der Waals surface area (Å²) in [7, 11) is 1.55. The van der Waals surface area contributed by atoms with Gasteiger partial charge in [0.15, 0.2) is 23.4 Å².